The van der Waals surface area contributed by atoms with E-state index in [4.69, 9.17) is 25.8 Å². The molecule has 1 aliphatic rings. The first-order chi connectivity index (χ1) is 15.2. The summed E-state index contributed by atoms with van der Waals surface area (Å²) in [5, 5.41) is 0.755. The number of fused-ring (bicyclic) bond motifs is 1. The van der Waals surface area contributed by atoms with E-state index in [9.17, 15) is 0 Å². The quantitative estimate of drug-likeness (QED) is 0.434. The Hall–Kier alpha value is -2.85. The van der Waals surface area contributed by atoms with Crippen LogP contribution in [0.1, 0.15) is 36.6 Å². The molecule has 31 heavy (non-hydrogen) atoms. The zero-order valence-electron chi connectivity index (χ0n) is 18.2. The van der Waals surface area contributed by atoms with Gasteiger partial charge in [0.15, 0.2) is 11.5 Å². The van der Waals surface area contributed by atoms with Crippen LogP contribution in [-0.2, 0) is 6.42 Å². The summed E-state index contributed by atoms with van der Waals surface area (Å²) in [4.78, 5) is 2.40. The number of rotatable bonds is 7. The fourth-order valence-electron chi connectivity index (χ4n) is 4.25. The molecule has 0 aliphatic carbocycles. The van der Waals surface area contributed by atoms with Crippen LogP contribution in [0.25, 0.3) is 0 Å². The standard InChI is InChI=1S/C26H28ClNO3/c1-4-30-24-16-18-14-15-28(19-10-12-20(29-3)13-11-19)26(21-8-6-7-9-23(21)27)22(18)17-25(24)31-5-2/h6-13,16-17,26H,4-5,14-15H2,1-3H3. The summed E-state index contributed by atoms with van der Waals surface area (Å²) in [5.74, 6) is 2.42. The van der Waals surface area contributed by atoms with E-state index in [0.717, 1.165) is 46.5 Å². The van der Waals surface area contributed by atoms with Crippen molar-refractivity contribution in [2.24, 2.45) is 0 Å². The Morgan fingerprint density at radius 3 is 2.23 bits per heavy atom. The van der Waals surface area contributed by atoms with Crippen LogP contribution in [-0.4, -0.2) is 26.9 Å². The third kappa shape index (κ3) is 4.31. The van der Waals surface area contributed by atoms with E-state index in [-0.39, 0.29) is 6.04 Å². The highest BCUT2D eigenvalue weighted by molar-refractivity contribution is 6.31. The van der Waals surface area contributed by atoms with Crippen molar-refractivity contribution < 1.29 is 14.2 Å². The number of anilines is 1. The monoisotopic (exact) mass is 437 g/mol. The topological polar surface area (TPSA) is 30.9 Å². The van der Waals surface area contributed by atoms with Gasteiger partial charge in [-0.1, -0.05) is 29.8 Å². The lowest BCUT2D eigenvalue weighted by Crippen LogP contribution is -2.36. The average molecular weight is 438 g/mol. The Labute approximate surface area is 189 Å². The first-order valence-corrected chi connectivity index (χ1v) is 11.1. The molecule has 4 rings (SSSR count). The third-order valence-electron chi connectivity index (χ3n) is 5.64. The van der Waals surface area contributed by atoms with Crippen molar-refractivity contribution in [3.63, 3.8) is 0 Å². The van der Waals surface area contributed by atoms with E-state index >= 15 is 0 Å². The SMILES string of the molecule is CCOc1cc2c(cc1OCC)C(c1ccccc1Cl)N(c1ccc(OC)cc1)CC2. The second-order valence-corrected chi connectivity index (χ2v) is 7.84. The molecule has 0 saturated carbocycles. The van der Waals surface area contributed by atoms with Gasteiger partial charge in [0.05, 0.1) is 26.4 Å². The van der Waals surface area contributed by atoms with E-state index in [1.165, 1.54) is 11.1 Å². The van der Waals surface area contributed by atoms with Crippen LogP contribution in [0.3, 0.4) is 0 Å². The lowest BCUT2D eigenvalue weighted by atomic mass is 9.87. The van der Waals surface area contributed by atoms with Crippen molar-refractivity contribution in [1.29, 1.82) is 0 Å². The van der Waals surface area contributed by atoms with Gasteiger partial charge in [-0.05, 0) is 79.4 Å². The largest absolute Gasteiger partial charge is 0.497 e. The average Bonchev–Trinajstić information content (AvgIpc) is 2.80. The fourth-order valence-corrected chi connectivity index (χ4v) is 4.49. The molecule has 1 atom stereocenters. The van der Waals surface area contributed by atoms with E-state index in [1.54, 1.807) is 7.11 Å². The maximum Gasteiger partial charge on any atom is 0.161 e. The first-order valence-electron chi connectivity index (χ1n) is 10.7. The molecule has 1 unspecified atom stereocenters. The Morgan fingerprint density at radius 2 is 1.58 bits per heavy atom. The van der Waals surface area contributed by atoms with Gasteiger partial charge in [-0.15, -0.1) is 0 Å². The van der Waals surface area contributed by atoms with Crippen molar-refractivity contribution in [3.8, 4) is 17.2 Å². The molecule has 0 amide bonds. The molecule has 0 fully saturated rings. The zero-order valence-corrected chi connectivity index (χ0v) is 19.0. The normalized spacial score (nSPS) is 15.4. The van der Waals surface area contributed by atoms with Gasteiger partial charge in [0, 0.05) is 17.3 Å². The second kappa shape index (κ2) is 9.52. The Balaban J connectivity index is 1.86. The number of hydrogen-bond acceptors (Lipinski definition) is 4. The molecule has 0 N–H and O–H groups in total. The highest BCUT2D eigenvalue weighted by atomic mass is 35.5. The maximum absolute atomic E-state index is 6.70. The molecule has 0 radical (unpaired) electrons. The van der Waals surface area contributed by atoms with Gasteiger partial charge < -0.3 is 19.1 Å². The first kappa shape index (κ1) is 21.4. The molecule has 1 heterocycles. The summed E-state index contributed by atoms with van der Waals surface area (Å²) in [5.41, 5.74) is 4.67. The van der Waals surface area contributed by atoms with Gasteiger partial charge in [0.1, 0.15) is 5.75 Å². The number of halogens is 1. The van der Waals surface area contributed by atoms with Crippen LogP contribution in [0.15, 0.2) is 60.7 Å². The number of ether oxygens (including phenoxy) is 3. The molecule has 0 aromatic heterocycles. The van der Waals surface area contributed by atoms with Crippen LogP contribution < -0.4 is 19.1 Å². The minimum Gasteiger partial charge on any atom is -0.497 e. The number of benzene rings is 3. The van der Waals surface area contributed by atoms with Crippen LogP contribution in [0.4, 0.5) is 5.69 Å². The van der Waals surface area contributed by atoms with Crippen LogP contribution in [0.5, 0.6) is 17.2 Å². The molecule has 5 heteroatoms. The Bertz CT molecular complexity index is 1040. The van der Waals surface area contributed by atoms with Gasteiger partial charge in [-0.25, -0.2) is 0 Å². The number of nitrogens with zero attached hydrogens (tertiary/aromatic N) is 1. The molecule has 1 aliphatic heterocycles. The van der Waals surface area contributed by atoms with Crippen LogP contribution >= 0.6 is 11.6 Å². The molecule has 0 spiro atoms. The Kier molecular flexibility index (Phi) is 6.57. The van der Waals surface area contributed by atoms with Gasteiger partial charge in [-0.3, -0.25) is 0 Å². The highest BCUT2D eigenvalue weighted by Gasteiger charge is 2.32. The zero-order chi connectivity index (χ0) is 21.8. The molecular formula is C26H28ClNO3. The van der Waals surface area contributed by atoms with Gasteiger partial charge in [0.25, 0.3) is 0 Å². The van der Waals surface area contributed by atoms with Gasteiger partial charge in [0.2, 0.25) is 0 Å². The third-order valence-corrected chi connectivity index (χ3v) is 5.98. The molecule has 0 saturated heterocycles. The van der Waals surface area contributed by atoms with Gasteiger partial charge >= 0.3 is 0 Å². The van der Waals surface area contributed by atoms with E-state index < -0.39 is 0 Å². The fraction of sp³-hybridized carbons (Fsp3) is 0.308. The molecule has 0 bridgehead atoms. The van der Waals surface area contributed by atoms with Crippen molar-refractivity contribution in [3.05, 3.63) is 82.4 Å². The van der Waals surface area contributed by atoms with E-state index in [2.05, 4.69) is 35.2 Å². The smallest absolute Gasteiger partial charge is 0.161 e. The van der Waals surface area contributed by atoms with Gasteiger partial charge in [-0.2, -0.15) is 0 Å². The molecule has 3 aromatic carbocycles. The van der Waals surface area contributed by atoms with Crippen molar-refractivity contribution in [1.82, 2.24) is 0 Å². The van der Waals surface area contributed by atoms with Crippen LogP contribution in [0.2, 0.25) is 5.02 Å². The predicted octanol–water partition coefficient (Wildman–Crippen LogP) is 6.30. The van der Waals surface area contributed by atoms with Crippen molar-refractivity contribution in [2.45, 2.75) is 26.3 Å². The van der Waals surface area contributed by atoms with E-state index in [0.29, 0.717) is 13.2 Å². The summed E-state index contributed by atoms with van der Waals surface area (Å²) in [6.45, 7) is 6.04. The lowest BCUT2D eigenvalue weighted by Gasteiger charge is -2.40. The van der Waals surface area contributed by atoms with Crippen molar-refractivity contribution >= 4 is 17.3 Å². The lowest BCUT2D eigenvalue weighted by molar-refractivity contribution is 0.286. The summed E-state index contributed by atoms with van der Waals surface area (Å²) in [6, 6.07) is 20.5. The summed E-state index contributed by atoms with van der Waals surface area (Å²) >= 11 is 6.70. The summed E-state index contributed by atoms with van der Waals surface area (Å²) in [6.07, 6.45) is 0.912. The molecule has 4 nitrogen and oxygen atoms in total. The number of methoxy groups -OCH3 is 1. The second-order valence-electron chi connectivity index (χ2n) is 7.43. The minimum absolute atomic E-state index is 0.0271. The van der Waals surface area contributed by atoms with Crippen LogP contribution in [0, 0.1) is 0 Å². The molecule has 162 valence electrons. The van der Waals surface area contributed by atoms with Crippen molar-refractivity contribution in [2.75, 3.05) is 31.8 Å². The summed E-state index contributed by atoms with van der Waals surface area (Å²) in [7, 11) is 1.68. The number of hydrogen-bond donors (Lipinski definition) is 0. The van der Waals surface area contributed by atoms with E-state index in [1.807, 2.05) is 44.2 Å². The predicted molar refractivity (Wildman–Crippen MR) is 126 cm³/mol. The Morgan fingerprint density at radius 1 is 0.903 bits per heavy atom. The minimum atomic E-state index is -0.0271. The maximum atomic E-state index is 6.70. The highest BCUT2D eigenvalue weighted by Crippen LogP contribution is 2.44. The summed E-state index contributed by atoms with van der Waals surface area (Å²) < 4.78 is 17.2. The molecular weight excluding hydrogens is 410 g/mol. The molecule has 3 aromatic rings.